The standard InChI is InChI=1S/C14H14O2.2Li.2H2O/c15-9-11-5-7-12(8-6-11)14-4-2-1-3-13(14)10-16;;;;/h1-4,11-12H,5-8H2;;;2*1H2/q-2;2*+1;;/p-2. The third-order valence-corrected chi connectivity index (χ3v) is 3.40. The third kappa shape index (κ3) is 5.98. The second kappa shape index (κ2) is 12.4. The zero-order chi connectivity index (χ0) is 11.4. The molecule has 1 aromatic rings. The molecule has 0 bridgehead atoms. The maximum absolute atomic E-state index is 10.8. The van der Waals surface area contributed by atoms with E-state index in [0.29, 0.717) is 11.5 Å². The first-order valence-corrected chi connectivity index (χ1v) is 5.70. The van der Waals surface area contributed by atoms with Gasteiger partial charge in [-0.05, 0) is 0 Å². The first-order valence-electron chi connectivity index (χ1n) is 5.70. The molecule has 1 aliphatic rings. The summed E-state index contributed by atoms with van der Waals surface area (Å²) >= 11 is 0. The number of hydrogen-bond acceptors (Lipinski definition) is 4. The van der Waals surface area contributed by atoms with Crippen LogP contribution in [0.3, 0.4) is 0 Å². The van der Waals surface area contributed by atoms with Crippen molar-refractivity contribution < 1.29 is 58.3 Å². The number of benzene rings is 1. The fourth-order valence-corrected chi connectivity index (χ4v) is 2.47. The molecule has 0 atom stereocenters. The van der Waals surface area contributed by atoms with Crippen molar-refractivity contribution in [3.05, 3.63) is 35.4 Å². The second-order valence-corrected chi connectivity index (χ2v) is 4.36. The molecule has 20 heavy (non-hydrogen) atoms. The van der Waals surface area contributed by atoms with E-state index in [9.17, 15) is 9.59 Å². The molecule has 1 fully saturated rings. The van der Waals surface area contributed by atoms with Gasteiger partial charge in [-0.3, -0.25) is 6.29 Å². The Morgan fingerprint density at radius 1 is 0.900 bits per heavy atom. The van der Waals surface area contributed by atoms with Gasteiger partial charge in [0.2, 0.25) is 0 Å². The summed E-state index contributed by atoms with van der Waals surface area (Å²) in [6.45, 7) is 0. The molecular weight excluding hydrogens is 246 g/mol. The van der Waals surface area contributed by atoms with Crippen molar-refractivity contribution >= 4 is 12.6 Å². The van der Waals surface area contributed by atoms with Crippen LogP contribution in [0.5, 0.6) is 0 Å². The Hall–Kier alpha value is -0.325. The molecule has 6 heteroatoms. The van der Waals surface area contributed by atoms with Gasteiger partial charge < -0.3 is 20.5 Å². The Balaban J connectivity index is -0.000000722. The summed E-state index contributed by atoms with van der Waals surface area (Å²) in [6.07, 6.45) is 7.79. The van der Waals surface area contributed by atoms with Crippen LogP contribution in [-0.2, 0) is 9.59 Å². The molecule has 0 spiro atoms. The van der Waals surface area contributed by atoms with Gasteiger partial charge in [0.05, 0.1) is 6.29 Å². The van der Waals surface area contributed by atoms with Crippen molar-refractivity contribution in [1.29, 1.82) is 0 Å². The summed E-state index contributed by atoms with van der Waals surface area (Å²) in [5.74, 6) is 0.505. The van der Waals surface area contributed by atoms with Gasteiger partial charge in [-0.1, -0.05) is 37.7 Å². The van der Waals surface area contributed by atoms with Gasteiger partial charge in [-0.2, -0.15) is 6.07 Å². The molecule has 0 aromatic heterocycles. The SMILES string of the molecule is O=[C-]c1ccccc1C1CCC([C-]=O)CC1.[Li+].[Li+].[OH-].[OH-]. The fraction of sp³-hybridized carbons (Fsp3) is 0.429. The molecule has 4 nitrogen and oxygen atoms in total. The van der Waals surface area contributed by atoms with E-state index in [0.717, 1.165) is 31.2 Å². The van der Waals surface area contributed by atoms with Crippen molar-refractivity contribution in [3.8, 4) is 0 Å². The Morgan fingerprint density at radius 3 is 1.95 bits per heavy atom. The van der Waals surface area contributed by atoms with Gasteiger partial charge in [-0.15, -0.1) is 29.2 Å². The molecule has 1 aliphatic carbocycles. The van der Waals surface area contributed by atoms with Gasteiger partial charge in [-0.25, -0.2) is 0 Å². The smallest absolute Gasteiger partial charge is 0.870 e. The van der Waals surface area contributed by atoms with Crippen LogP contribution in [0, 0.1) is 5.92 Å². The Bertz CT molecular complexity index is 391. The van der Waals surface area contributed by atoms with Crippen LogP contribution in [0.2, 0.25) is 0 Å². The van der Waals surface area contributed by atoms with Crippen LogP contribution in [0.15, 0.2) is 24.3 Å². The summed E-state index contributed by atoms with van der Waals surface area (Å²) in [5, 5.41) is 0. The van der Waals surface area contributed by atoms with Gasteiger partial charge in [0.1, 0.15) is 0 Å². The Morgan fingerprint density at radius 2 is 1.45 bits per heavy atom. The minimum absolute atomic E-state index is 0. The quantitative estimate of drug-likeness (QED) is 0.412. The van der Waals surface area contributed by atoms with E-state index >= 15 is 0 Å². The van der Waals surface area contributed by atoms with E-state index in [-0.39, 0.29) is 54.6 Å². The topological polar surface area (TPSA) is 94.1 Å². The largest absolute Gasteiger partial charge is 1.00 e. The molecule has 1 saturated carbocycles. The van der Waals surface area contributed by atoms with Crippen molar-refractivity contribution in [2.24, 2.45) is 5.92 Å². The molecule has 2 rings (SSSR count). The maximum Gasteiger partial charge on any atom is 1.00 e. The molecule has 0 amide bonds. The van der Waals surface area contributed by atoms with E-state index in [1.165, 1.54) is 0 Å². The Labute approximate surface area is 143 Å². The summed E-state index contributed by atoms with van der Waals surface area (Å²) in [7, 11) is 0. The monoisotopic (exact) mass is 262 g/mol. The fourth-order valence-electron chi connectivity index (χ4n) is 2.47. The third-order valence-electron chi connectivity index (χ3n) is 3.40. The van der Waals surface area contributed by atoms with E-state index in [4.69, 9.17) is 0 Å². The minimum Gasteiger partial charge on any atom is -0.870 e. The first-order chi connectivity index (χ1) is 7.85. The van der Waals surface area contributed by atoms with Crippen molar-refractivity contribution in [3.63, 3.8) is 0 Å². The summed E-state index contributed by atoms with van der Waals surface area (Å²) in [4.78, 5) is 21.3. The molecule has 0 unspecified atom stereocenters. The molecular formula is C14H16Li2O4-2. The van der Waals surface area contributed by atoms with E-state index in [1.54, 1.807) is 6.07 Å². The summed E-state index contributed by atoms with van der Waals surface area (Å²) < 4.78 is 0. The average molecular weight is 262 g/mol. The van der Waals surface area contributed by atoms with Crippen LogP contribution in [0.4, 0.5) is 0 Å². The van der Waals surface area contributed by atoms with Crippen LogP contribution < -0.4 is 37.7 Å². The zero-order valence-corrected chi connectivity index (χ0v) is 12.0. The maximum atomic E-state index is 10.8. The van der Waals surface area contributed by atoms with Gasteiger partial charge in [0, 0.05) is 0 Å². The summed E-state index contributed by atoms with van der Waals surface area (Å²) in [5.41, 5.74) is 1.75. The van der Waals surface area contributed by atoms with Crippen molar-refractivity contribution in [2.75, 3.05) is 0 Å². The van der Waals surface area contributed by atoms with Crippen LogP contribution in [-0.4, -0.2) is 23.5 Å². The molecule has 0 heterocycles. The molecule has 2 N–H and O–H groups in total. The first kappa shape index (κ1) is 24.7. The van der Waals surface area contributed by atoms with Crippen molar-refractivity contribution in [1.82, 2.24) is 0 Å². The number of carbonyl (C=O) groups excluding carboxylic acids is 2. The van der Waals surface area contributed by atoms with Crippen LogP contribution in [0.25, 0.3) is 0 Å². The van der Waals surface area contributed by atoms with Gasteiger partial charge in [0.15, 0.2) is 0 Å². The molecule has 0 aliphatic heterocycles. The van der Waals surface area contributed by atoms with E-state index in [1.807, 2.05) is 24.5 Å². The number of rotatable bonds is 3. The Kier molecular flexibility index (Phi) is 15.3. The predicted octanol–water partition coefficient (Wildman–Crippen LogP) is -3.82. The van der Waals surface area contributed by atoms with Gasteiger partial charge in [0.25, 0.3) is 0 Å². The average Bonchev–Trinajstić information content (AvgIpc) is 2.39. The summed E-state index contributed by atoms with van der Waals surface area (Å²) in [6, 6.07) is 7.61. The number of hydrogen-bond donors (Lipinski definition) is 0. The predicted molar refractivity (Wildman–Crippen MR) is 65.5 cm³/mol. The van der Waals surface area contributed by atoms with Crippen molar-refractivity contribution in [2.45, 2.75) is 31.6 Å². The normalized spacial score (nSPS) is 20.0. The molecule has 0 radical (unpaired) electrons. The molecule has 100 valence electrons. The minimum atomic E-state index is 0. The van der Waals surface area contributed by atoms with Crippen LogP contribution in [0.1, 0.15) is 42.7 Å². The second-order valence-electron chi connectivity index (χ2n) is 4.36. The van der Waals surface area contributed by atoms with E-state index in [2.05, 4.69) is 6.29 Å². The van der Waals surface area contributed by atoms with Crippen LogP contribution >= 0.6 is 0 Å². The zero-order valence-electron chi connectivity index (χ0n) is 12.0. The van der Waals surface area contributed by atoms with Gasteiger partial charge >= 0.3 is 37.7 Å². The molecule has 1 aromatic carbocycles. The van der Waals surface area contributed by atoms with E-state index < -0.39 is 0 Å². The molecule has 0 saturated heterocycles.